The van der Waals surface area contributed by atoms with Crippen LogP contribution in [0.2, 0.25) is 0 Å². The Bertz CT molecular complexity index is 184. The van der Waals surface area contributed by atoms with Gasteiger partial charge in [-0.1, -0.05) is 29.8 Å². The van der Waals surface area contributed by atoms with Crippen LogP contribution in [0.4, 0.5) is 0 Å². The van der Waals surface area contributed by atoms with Crippen LogP contribution in [0, 0.1) is 5.41 Å². The van der Waals surface area contributed by atoms with Gasteiger partial charge in [0.15, 0.2) is 0 Å². The maximum absolute atomic E-state index is 5.97. The number of rotatable bonds is 4. The molecule has 0 aromatic carbocycles. The van der Waals surface area contributed by atoms with Gasteiger partial charge in [0.05, 0.1) is 24.9 Å². The van der Waals surface area contributed by atoms with Crippen LogP contribution in [0.1, 0.15) is 40.5 Å². The monoisotopic (exact) mass is 278 g/mol. The van der Waals surface area contributed by atoms with Crippen molar-refractivity contribution in [2.75, 3.05) is 11.9 Å². The largest absolute Gasteiger partial charge is 0.377 e. The van der Waals surface area contributed by atoms with Crippen molar-refractivity contribution >= 4 is 15.9 Å². The zero-order valence-corrected chi connectivity index (χ0v) is 11.8. The van der Waals surface area contributed by atoms with Crippen molar-refractivity contribution in [3.63, 3.8) is 0 Å². The van der Waals surface area contributed by atoms with Gasteiger partial charge in [-0.05, 0) is 32.1 Å². The van der Waals surface area contributed by atoms with Gasteiger partial charge in [-0.15, -0.1) is 0 Å². The molecule has 1 saturated heterocycles. The van der Waals surface area contributed by atoms with Gasteiger partial charge < -0.3 is 9.47 Å². The first-order chi connectivity index (χ1) is 6.93. The molecular weight excluding hydrogens is 256 g/mol. The highest BCUT2D eigenvalue weighted by molar-refractivity contribution is 9.09. The molecule has 2 unspecified atom stereocenters. The molecule has 0 aromatic rings. The van der Waals surface area contributed by atoms with E-state index in [1.807, 2.05) is 0 Å². The standard InChI is InChI=1S/C12H23BrO2/c1-9-5-11(6-10(2)15-9)14-8-12(3,4)7-13/h9-11H,5-8H2,1-4H3. The van der Waals surface area contributed by atoms with Crippen molar-refractivity contribution in [3.8, 4) is 0 Å². The van der Waals surface area contributed by atoms with Crippen molar-refractivity contribution < 1.29 is 9.47 Å². The number of hydrogen-bond donors (Lipinski definition) is 0. The number of halogens is 1. The topological polar surface area (TPSA) is 18.5 Å². The van der Waals surface area contributed by atoms with E-state index in [0.717, 1.165) is 24.8 Å². The number of ether oxygens (including phenoxy) is 2. The Hall–Kier alpha value is 0.400. The van der Waals surface area contributed by atoms with E-state index in [-0.39, 0.29) is 5.41 Å². The smallest absolute Gasteiger partial charge is 0.0624 e. The van der Waals surface area contributed by atoms with E-state index in [4.69, 9.17) is 9.47 Å². The van der Waals surface area contributed by atoms with Gasteiger partial charge in [-0.3, -0.25) is 0 Å². The molecule has 0 bridgehead atoms. The first kappa shape index (κ1) is 13.5. The maximum atomic E-state index is 5.97. The van der Waals surface area contributed by atoms with Gasteiger partial charge in [-0.2, -0.15) is 0 Å². The number of hydrogen-bond acceptors (Lipinski definition) is 2. The molecule has 0 aromatic heterocycles. The van der Waals surface area contributed by atoms with E-state index in [2.05, 4.69) is 43.6 Å². The van der Waals surface area contributed by atoms with Gasteiger partial charge in [-0.25, -0.2) is 0 Å². The predicted molar refractivity (Wildman–Crippen MR) is 66.6 cm³/mol. The lowest BCUT2D eigenvalue weighted by molar-refractivity contribution is -0.111. The second kappa shape index (κ2) is 5.65. The molecule has 0 aliphatic carbocycles. The molecule has 0 saturated carbocycles. The summed E-state index contributed by atoms with van der Waals surface area (Å²) in [6.07, 6.45) is 3.12. The molecule has 90 valence electrons. The molecule has 0 amide bonds. The Morgan fingerprint density at radius 2 is 1.80 bits per heavy atom. The van der Waals surface area contributed by atoms with E-state index in [1.54, 1.807) is 0 Å². The van der Waals surface area contributed by atoms with Crippen LogP contribution >= 0.6 is 15.9 Å². The minimum atomic E-state index is 0.227. The third-order valence-electron chi connectivity index (χ3n) is 2.73. The fourth-order valence-corrected chi connectivity index (χ4v) is 2.02. The molecule has 1 fully saturated rings. The Kier molecular flexibility index (Phi) is 5.07. The van der Waals surface area contributed by atoms with Crippen molar-refractivity contribution in [2.24, 2.45) is 5.41 Å². The normalized spacial score (nSPS) is 33.0. The van der Waals surface area contributed by atoms with Crippen LogP contribution in [-0.2, 0) is 9.47 Å². The van der Waals surface area contributed by atoms with Gasteiger partial charge in [0.1, 0.15) is 0 Å². The van der Waals surface area contributed by atoms with Crippen molar-refractivity contribution in [2.45, 2.75) is 58.8 Å². The molecule has 1 rings (SSSR count). The minimum Gasteiger partial charge on any atom is -0.377 e. The fraction of sp³-hybridized carbons (Fsp3) is 1.00. The summed E-state index contributed by atoms with van der Waals surface area (Å²) in [5, 5.41) is 0.980. The summed E-state index contributed by atoms with van der Waals surface area (Å²) in [4.78, 5) is 0. The predicted octanol–water partition coefficient (Wildman–Crippen LogP) is 3.38. The summed E-state index contributed by atoms with van der Waals surface area (Å²) in [6.45, 7) is 9.51. The van der Waals surface area contributed by atoms with Crippen LogP contribution in [0.5, 0.6) is 0 Å². The van der Waals surface area contributed by atoms with Crippen molar-refractivity contribution in [1.82, 2.24) is 0 Å². The van der Waals surface area contributed by atoms with Gasteiger partial charge in [0, 0.05) is 5.33 Å². The SMILES string of the molecule is CC1CC(OCC(C)(C)CBr)CC(C)O1. The van der Waals surface area contributed by atoms with E-state index >= 15 is 0 Å². The summed E-state index contributed by atoms with van der Waals surface area (Å²) in [5.74, 6) is 0. The molecule has 0 N–H and O–H groups in total. The second-order valence-electron chi connectivity index (χ2n) is 5.46. The summed E-state index contributed by atoms with van der Waals surface area (Å²) < 4.78 is 11.7. The van der Waals surface area contributed by atoms with Gasteiger partial charge in [0.25, 0.3) is 0 Å². The van der Waals surface area contributed by atoms with Gasteiger partial charge >= 0.3 is 0 Å². The molecule has 0 spiro atoms. The van der Waals surface area contributed by atoms with Crippen LogP contribution in [0.15, 0.2) is 0 Å². The zero-order chi connectivity index (χ0) is 11.5. The lowest BCUT2D eigenvalue weighted by Crippen LogP contribution is -2.36. The van der Waals surface area contributed by atoms with E-state index in [0.29, 0.717) is 18.3 Å². The molecular formula is C12H23BrO2. The summed E-state index contributed by atoms with van der Waals surface area (Å²) in [7, 11) is 0. The highest BCUT2D eigenvalue weighted by atomic mass is 79.9. The molecule has 3 heteroatoms. The van der Waals surface area contributed by atoms with E-state index < -0.39 is 0 Å². The lowest BCUT2D eigenvalue weighted by atomic mass is 9.97. The molecule has 1 aliphatic heterocycles. The summed E-state index contributed by atoms with van der Waals surface area (Å²) in [5.41, 5.74) is 0.227. The first-order valence-electron chi connectivity index (χ1n) is 5.76. The van der Waals surface area contributed by atoms with Crippen LogP contribution in [-0.4, -0.2) is 30.2 Å². The fourth-order valence-electron chi connectivity index (χ4n) is 1.86. The van der Waals surface area contributed by atoms with Crippen molar-refractivity contribution in [3.05, 3.63) is 0 Å². The molecule has 1 heterocycles. The lowest BCUT2D eigenvalue weighted by Gasteiger charge is -2.34. The molecule has 2 nitrogen and oxygen atoms in total. The van der Waals surface area contributed by atoms with E-state index in [1.165, 1.54) is 0 Å². The number of alkyl halides is 1. The Balaban J connectivity index is 2.32. The van der Waals surface area contributed by atoms with Gasteiger partial charge in [0.2, 0.25) is 0 Å². The molecule has 15 heavy (non-hydrogen) atoms. The molecule has 1 aliphatic rings. The minimum absolute atomic E-state index is 0.227. The summed E-state index contributed by atoms with van der Waals surface area (Å²) >= 11 is 3.51. The Morgan fingerprint density at radius 3 is 2.27 bits per heavy atom. The highest BCUT2D eigenvalue weighted by Crippen LogP contribution is 2.25. The van der Waals surface area contributed by atoms with E-state index in [9.17, 15) is 0 Å². The third-order valence-corrected chi connectivity index (χ3v) is 4.24. The average Bonchev–Trinajstić information content (AvgIpc) is 2.14. The zero-order valence-electron chi connectivity index (χ0n) is 10.3. The molecule has 0 radical (unpaired) electrons. The maximum Gasteiger partial charge on any atom is 0.0624 e. The Morgan fingerprint density at radius 1 is 1.27 bits per heavy atom. The van der Waals surface area contributed by atoms with Crippen molar-refractivity contribution in [1.29, 1.82) is 0 Å². The first-order valence-corrected chi connectivity index (χ1v) is 6.88. The Labute approximate surface area is 102 Å². The summed E-state index contributed by atoms with van der Waals surface area (Å²) in [6, 6.07) is 0. The van der Waals surface area contributed by atoms with Crippen LogP contribution in [0.25, 0.3) is 0 Å². The molecule has 2 atom stereocenters. The van der Waals surface area contributed by atoms with Crippen LogP contribution < -0.4 is 0 Å². The third kappa shape index (κ3) is 4.83. The average molecular weight is 279 g/mol. The van der Waals surface area contributed by atoms with Crippen LogP contribution in [0.3, 0.4) is 0 Å². The quantitative estimate of drug-likeness (QED) is 0.734. The highest BCUT2D eigenvalue weighted by Gasteiger charge is 2.27. The second-order valence-corrected chi connectivity index (χ2v) is 6.02.